The van der Waals surface area contributed by atoms with Crippen LogP contribution in [0.4, 0.5) is 0 Å². The number of nitrogens with one attached hydrogen (secondary N) is 2. The van der Waals surface area contributed by atoms with Crippen LogP contribution in [-0.2, 0) is 6.54 Å². The van der Waals surface area contributed by atoms with Crippen molar-refractivity contribution in [1.29, 1.82) is 0 Å². The Morgan fingerprint density at radius 1 is 1.29 bits per heavy atom. The Bertz CT molecular complexity index is 448. The minimum absolute atomic E-state index is 0.628. The largest absolute Gasteiger partial charge is 0.497 e. The molecular weight excluding hydrogens is 262 g/mol. The first-order valence-corrected chi connectivity index (χ1v) is 8.10. The Morgan fingerprint density at radius 2 is 2.10 bits per heavy atom. The van der Waals surface area contributed by atoms with Crippen molar-refractivity contribution in [2.75, 3.05) is 26.7 Å². The topological polar surface area (TPSA) is 36.5 Å². The molecule has 3 atom stereocenters. The van der Waals surface area contributed by atoms with Crippen molar-refractivity contribution in [2.45, 2.75) is 32.4 Å². The summed E-state index contributed by atoms with van der Waals surface area (Å²) in [6, 6.07) is 9.10. The number of hydrazine groups is 1. The molecule has 0 amide bonds. The zero-order valence-electron chi connectivity index (χ0n) is 13.1. The van der Waals surface area contributed by atoms with E-state index < -0.39 is 0 Å². The van der Waals surface area contributed by atoms with E-state index in [9.17, 15) is 0 Å². The summed E-state index contributed by atoms with van der Waals surface area (Å²) in [5.74, 6) is 2.43. The SMILES string of the molecule is COc1ccc(CN2CCCC(C3NNCC3C)C2)cc1. The van der Waals surface area contributed by atoms with E-state index in [-0.39, 0.29) is 0 Å². The van der Waals surface area contributed by atoms with E-state index in [2.05, 4.69) is 46.9 Å². The molecule has 2 aliphatic heterocycles. The van der Waals surface area contributed by atoms with Crippen LogP contribution >= 0.6 is 0 Å². The van der Waals surface area contributed by atoms with Crippen LogP contribution in [0.15, 0.2) is 24.3 Å². The van der Waals surface area contributed by atoms with E-state index in [0.717, 1.165) is 30.7 Å². The molecule has 0 bridgehead atoms. The van der Waals surface area contributed by atoms with Gasteiger partial charge in [-0.2, -0.15) is 0 Å². The van der Waals surface area contributed by atoms with Gasteiger partial charge in [-0.1, -0.05) is 19.1 Å². The molecule has 2 N–H and O–H groups in total. The summed E-state index contributed by atoms with van der Waals surface area (Å²) >= 11 is 0. The van der Waals surface area contributed by atoms with E-state index in [0.29, 0.717) is 6.04 Å². The average Bonchev–Trinajstić information content (AvgIpc) is 2.94. The van der Waals surface area contributed by atoms with Gasteiger partial charge in [0.1, 0.15) is 5.75 Å². The number of benzene rings is 1. The summed E-state index contributed by atoms with van der Waals surface area (Å²) in [7, 11) is 1.72. The van der Waals surface area contributed by atoms with Crippen LogP contribution < -0.4 is 15.6 Å². The summed E-state index contributed by atoms with van der Waals surface area (Å²) in [6.07, 6.45) is 2.66. The lowest BCUT2D eigenvalue weighted by Gasteiger charge is -2.36. The van der Waals surface area contributed by atoms with Gasteiger partial charge in [0.05, 0.1) is 7.11 Å². The van der Waals surface area contributed by atoms with Gasteiger partial charge in [-0.15, -0.1) is 0 Å². The summed E-state index contributed by atoms with van der Waals surface area (Å²) in [4.78, 5) is 2.60. The molecule has 3 rings (SSSR count). The van der Waals surface area contributed by atoms with Crippen LogP contribution in [0, 0.1) is 11.8 Å². The quantitative estimate of drug-likeness (QED) is 0.889. The number of ether oxygens (including phenoxy) is 1. The molecule has 1 aromatic rings. The van der Waals surface area contributed by atoms with Crippen LogP contribution in [-0.4, -0.2) is 37.7 Å². The Kier molecular flexibility index (Phi) is 4.78. The molecular formula is C17H27N3O. The van der Waals surface area contributed by atoms with Gasteiger partial charge in [0.15, 0.2) is 0 Å². The van der Waals surface area contributed by atoms with Crippen LogP contribution in [0.25, 0.3) is 0 Å². The van der Waals surface area contributed by atoms with Crippen molar-refractivity contribution < 1.29 is 4.74 Å². The standard InChI is InChI=1S/C17H27N3O/c1-13-10-18-19-17(13)15-4-3-9-20(12-15)11-14-5-7-16(21-2)8-6-14/h5-8,13,15,17-19H,3-4,9-12H2,1-2H3. The fourth-order valence-corrected chi connectivity index (χ4v) is 3.71. The number of rotatable bonds is 4. The van der Waals surface area contributed by atoms with Gasteiger partial charge in [0.25, 0.3) is 0 Å². The summed E-state index contributed by atoms with van der Waals surface area (Å²) in [5, 5.41) is 0. The number of hydrogen-bond donors (Lipinski definition) is 2. The predicted octanol–water partition coefficient (Wildman–Crippen LogP) is 2.02. The molecule has 116 valence electrons. The molecule has 2 heterocycles. The first kappa shape index (κ1) is 14.8. The monoisotopic (exact) mass is 289 g/mol. The fraction of sp³-hybridized carbons (Fsp3) is 0.647. The molecule has 4 nitrogen and oxygen atoms in total. The van der Waals surface area contributed by atoms with Crippen molar-refractivity contribution in [3.8, 4) is 5.75 Å². The Labute approximate surface area is 127 Å². The maximum Gasteiger partial charge on any atom is 0.118 e. The maximum atomic E-state index is 5.23. The van der Waals surface area contributed by atoms with Crippen molar-refractivity contribution in [3.05, 3.63) is 29.8 Å². The van der Waals surface area contributed by atoms with Crippen molar-refractivity contribution in [1.82, 2.24) is 15.8 Å². The van der Waals surface area contributed by atoms with Crippen molar-refractivity contribution in [2.24, 2.45) is 11.8 Å². The van der Waals surface area contributed by atoms with Gasteiger partial charge in [-0.3, -0.25) is 15.8 Å². The summed E-state index contributed by atoms with van der Waals surface area (Å²) in [5.41, 5.74) is 8.17. The molecule has 2 fully saturated rings. The molecule has 0 saturated carbocycles. The lowest BCUT2D eigenvalue weighted by molar-refractivity contribution is 0.134. The van der Waals surface area contributed by atoms with Crippen LogP contribution in [0.2, 0.25) is 0 Å². The third-order valence-electron chi connectivity index (χ3n) is 4.92. The van der Waals surface area contributed by atoms with Gasteiger partial charge >= 0.3 is 0 Å². The average molecular weight is 289 g/mol. The van der Waals surface area contributed by atoms with Crippen molar-refractivity contribution in [3.63, 3.8) is 0 Å². The zero-order valence-corrected chi connectivity index (χ0v) is 13.1. The summed E-state index contributed by atoms with van der Waals surface area (Å²) in [6.45, 7) is 6.92. The Hall–Kier alpha value is -1.10. The molecule has 0 spiro atoms. The van der Waals surface area contributed by atoms with E-state index in [1.165, 1.54) is 31.5 Å². The van der Waals surface area contributed by atoms with Crippen LogP contribution in [0.1, 0.15) is 25.3 Å². The third kappa shape index (κ3) is 3.57. The number of likely N-dealkylation sites (tertiary alicyclic amines) is 1. The second-order valence-corrected chi connectivity index (χ2v) is 6.51. The number of nitrogens with zero attached hydrogens (tertiary/aromatic N) is 1. The minimum atomic E-state index is 0.628. The molecule has 3 unspecified atom stereocenters. The second-order valence-electron chi connectivity index (χ2n) is 6.51. The normalized spacial score (nSPS) is 30.5. The highest BCUT2D eigenvalue weighted by molar-refractivity contribution is 5.27. The van der Waals surface area contributed by atoms with Crippen LogP contribution in [0.3, 0.4) is 0 Å². The number of hydrogen-bond acceptors (Lipinski definition) is 4. The first-order chi connectivity index (χ1) is 10.3. The van der Waals surface area contributed by atoms with Crippen molar-refractivity contribution >= 4 is 0 Å². The highest BCUT2D eigenvalue weighted by atomic mass is 16.5. The first-order valence-electron chi connectivity index (χ1n) is 8.10. The lowest BCUT2D eigenvalue weighted by atomic mass is 9.85. The minimum Gasteiger partial charge on any atom is -0.497 e. The van der Waals surface area contributed by atoms with Gasteiger partial charge in [0, 0.05) is 25.7 Å². The second kappa shape index (κ2) is 6.77. The lowest BCUT2D eigenvalue weighted by Crippen LogP contribution is -2.46. The molecule has 4 heteroatoms. The van der Waals surface area contributed by atoms with E-state index in [1.54, 1.807) is 7.11 Å². The predicted molar refractivity (Wildman–Crippen MR) is 85.1 cm³/mol. The fourth-order valence-electron chi connectivity index (χ4n) is 3.71. The smallest absolute Gasteiger partial charge is 0.118 e. The molecule has 2 saturated heterocycles. The zero-order chi connectivity index (χ0) is 14.7. The van der Waals surface area contributed by atoms with E-state index >= 15 is 0 Å². The van der Waals surface area contributed by atoms with Gasteiger partial charge in [0.2, 0.25) is 0 Å². The molecule has 0 aromatic heterocycles. The molecule has 0 aliphatic carbocycles. The molecule has 1 aromatic carbocycles. The summed E-state index contributed by atoms with van der Waals surface area (Å²) < 4.78 is 5.23. The maximum absolute atomic E-state index is 5.23. The number of methoxy groups -OCH3 is 1. The van der Waals surface area contributed by atoms with Gasteiger partial charge in [-0.05, 0) is 48.9 Å². The van der Waals surface area contributed by atoms with E-state index in [4.69, 9.17) is 4.74 Å². The van der Waals surface area contributed by atoms with Gasteiger partial charge < -0.3 is 4.74 Å². The highest BCUT2D eigenvalue weighted by Crippen LogP contribution is 2.26. The third-order valence-corrected chi connectivity index (χ3v) is 4.92. The highest BCUT2D eigenvalue weighted by Gasteiger charge is 2.33. The Morgan fingerprint density at radius 3 is 2.76 bits per heavy atom. The number of piperidine rings is 1. The Balaban J connectivity index is 1.57. The van der Waals surface area contributed by atoms with E-state index in [1.807, 2.05) is 0 Å². The van der Waals surface area contributed by atoms with Gasteiger partial charge in [-0.25, -0.2) is 0 Å². The molecule has 0 radical (unpaired) electrons. The molecule has 2 aliphatic rings. The van der Waals surface area contributed by atoms with Crippen LogP contribution in [0.5, 0.6) is 5.75 Å². The molecule has 21 heavy (non-hydrogen) atoms.